The Morgan fingerprint density at radius 1 is 1.04 bits per heavy atom. The summed E-state index contributed by atoms with van der Waals surface area (Å²) in [7, 11) is -0.827. The van der Waals surface area contributed by atoms with E-state index in [2.05, 4.69) is 10.6 Å². The molecular weight excluding hydrogens is 648 g/mol. The van der Waals surface area contributed by atoms with Crippen molar-refractivity contribution in [2.24, 2.45) is 5.92 Å². The summed E-state index contributed by atoms with van der Waals surface area (Å²) in [6.07, 6.45) is 1.42. The first kappa shape index (κ1) is 37.6. The minimum absolute atomic E-state index is 0.0474. The summed E-state index contributed by atoms with van der Waals surface area (Å²) in [5.74, 6) is 0.171. The van der Waals surface area contributed by atoms with Gasteiger partial charge in [0.25, 0.3) is 5.91 Å². The van der Waals surface area contributed by atoms with Gasteiger partial charge in [-0.2, -0.15) is 4.31 Å². The number of urea groups is 1. The van der Waals surface area contributed by atoms with Crippen molar-refractivity contribution >= 4 is 33.3 Å². The molecule has 0 fully saturated rings. The van der Waals surface area contributed by atoms with Crippen LogP contribution in [0.4, 0.5) is 16.2 Å². The third-order valence-corrected chi connectivity index (χ3v) is 10.4. The van der Waals surface area contributed by atoms with Gasteiger partial charge in [0, 0.05) is 44.0 Å². The van der Waals surface area contributed by atoms with E-state index >= 15 is 0 Å². The number of nitrogens with zero attached hydrogens (tertiary/aromatic N) is 2. The highest BCUT2D eigenvalue weighted by atomic mass is 32.2. The molecule has 4 atom stereocenters. The number of rotatable bonds is 9. The molecule has 266 valence electrons. The van der Waals surface area contributed by atoms with Crippen LogP contribution in [-0.2, 0) is 14.8 Å². The molecule has 3 N–H and O–H groups in total. The van der Waals surface area contributed by atoms with Crippen LogP contribution in [0.15, 0.2) is 77.7 Å². The fourth-order valence-electron chi connectivity index (χ4n) is 5.56. The number of hydrogen-bond donors (Lipinski definition) is 3. The van der Waals surface area contributed by atoms with Gasteiger partial charge in [-0.15, -0.1) is 0 Å². The lowest BCUT2D eigenvalue weighted by molar-refractivity contribution is -0.00834. The molecule has 3 aromatic carbocycles. The smallest absolute Gasteiger partial charge is 0.323 e. The number of hydrogen-bond acceptors (Lipinski definition) is 8. The molecule has 3 amide bonds. The summed E-state index contributed by atoms with van der Waals surface area (Å²) >= 11 is 0. The standard InChI is InChI=1S/C36H48N4O8S/c1-25-22-40(26(2)24-41)35(42)32-21-29(38-36(43)37-28-12-7-6-8-13-28)14-19-33(32)48-27(3)11-9-10-20-47-34(25)23-39(4)49(44,45)31-17-15-30(46-5)16-18-31/h6-8,12-19,21,25-27,34,41H,9-11,20,22-24H2,1-5H3,(H2,37,38,43)/t25-,26-,27+,34-/m1/s1. The number of aliphatic hydroxyl groups excluding tert-OH is 1. The maximum absolute atomic E-state index is 14.4. The van der Waals surface area contributed by atoms with Crippen LogP contribution >= 0.6 is 0 Å². The van der Waals surface area contributed by atoms with Crippen molar-refractivity contribution in [3.8, 4) is 11.5 Å². The zero-order valence-corrected chi connectivity index (χ0v) is 29.6. The van der Waals surface area contributed by atoms with Crippen LogP contribution in [0.1, 0.15) is 50.4 Å². The van der Waals surface area contributed by atoms with Gasteiger partial charge in [-0.05, 0) is 87.7 Å². The molecule has 0 radical (unpaired) electrons. The van der Waals surface area contributed by atoms with Gasteiger partial charge in [0.1, 0.15) is 11.5 Å². The molecule has 0 aromatic heterocycles. The van der Waals surface area contributed by atoms with Crippen molar-refractivity contribution < 1.29 is 37.3 Å². The van der Waals surface area contributed by atoms with E-state index in [4.69, 9.17) is 14.2 Å². The summed E-state index contributed by atoms with van der Waals surface area (Å²) in [6, 6.07) is 19.1. The average Bonchev–Trinajstić information content (AvgIpc) is 3.09. The number of fused-ring (bicyclic) bond motifs is 1. The van der Waals surface area contributed by atoms with Gasteiger partial charge in [0.2, 0.25) is 10.0 Å². The third kappa shape index (κ3) is 10.2. The summed E-state index contributed by atoms with van der Waals surface area (Å²) in [5.41, 5.74) is 1.22. The van der Waals surface area contributed by atoms with Gasteiger partial charge in [-0.3, -0.25) is 4.79 Å². The van der Waals surface area contributed by atoms with Gasteiger partial charge >= 0.3 is 6.03 Å². The topological polar surface area (TPSA) is 147 Å². The first-order chi connectivity index (χ1) is 23.4. The quantitative estimate of drug-likeness (QED) is 0.268. The molecule has 1 aliphatic rings. The molecule has 1 aliphatic heterocycles. The number of benzene rings is 3. The minimum atomic E-state index is -3.85. The third-order valence-electron chi connectivity index (χ3n) is 8.55. The molecule has 3 aromatic rings. The van der Waals surface area contributed by atoms with E-state index in [1.54, 1.807) is 54.3 Å². The molecule has 12 nitrogen and oxygen atoms in total. The lowest BCUT2D eigenvalue weighted by Crippen LogP contribution is -2.48. The number of aliphatic hydroxyl groups is 1. The van der Waals surface area contributed by atoms with E-state index in [0.717, 1.165) is 12.8 Å². The van der Waals surface area contributed by atoms with Crippen LogP contribution in [0.2, 0.25) is 0 Å². The number of para-hydroxylation sites is 1. The Kier molecular flexibility index (Phi) is 13.4. The van der Waals surface area contributed by atoms with Gasteiger partial charge in [0.05, 0.1) is 42.4 Å². The molecule has 0 spiro atoms. The highest BCUT2D eigenvalue weighted by Gasteiger charge is 2.32. The molecule has 0 aliphatic carbocycles. The fraction of sp³-hybridized carbons (Fsp3) is 0.444. The Bertz CT molecular complexity index is 1640. The predicted octanol–water partition coefficient (Wildman–Crippen LogP) is 5.46. The normalized spacial score (nSPS) is 20.0. The second-order valence-electron chi connectivity index (χ2n) is 12.4. The Morgan fingerprint density at radius 2 is 1.73 bits per heavy atom. The number of ether oxygens (including phenoxy) is 3. The van der Waals surface area contributed by atoms with Crippen LogP contribution in [-0.4, -0.2) is 93.4 Å². The van der Waals surface area contributed by atoms with Gasteiger partial charge < -0.3 is 34.9 Å². The number of carbonyl (C=O) groups is 2. The minimum Gasteiger partial charge on any atom is -0.497 e. The maximum atomic E-state index is 14.4. The van der Waals surface area contributed by atoms with E-state index in [-0.39, 0.29) is 42.2 Å². The van der Waals surface area contributed by atoms with E-state index in [9.17, 15) is 23.1 Å². The molecule has 0 saturated heterocycles. The number of likely N-dealkylation sites (N-methyl/N-ethyl adjacent to an activating group) is 1. The average molecular weight is 697 g/mol. The molecule has 4 rings (SSSR count). The molecule has 0 bridgehead atoms. The fourth-order valence-corrected chi connectivity index (χ4v) is 6.74. The number of anilines is 2. The van der Waals surface area contributed by atoms with E-state index < -0.39 is 34.1 Å². The molecule has 0 saturated carbocycles. The zero-order valence-electron chi connectivity index (χ0n) is 28.8. The predicted molar refractivity (Wildman–Crippen MR) is 189 cm³/mol. The summed E-state index contributed by atoms with van der Waals surface area (Å²) in [4.78, 5) is 28.8. The van der Waals surface area contributed by atoms with E-state index in [1.165, 1.54) is 30.6 Å². The maximum Gasteiger partial charge on any atom is 0.323 e. The largest absolute Gasteiger partial charge is 0.497 e. The first-order valence-corrected chi connectivity index (χ1v) is 17.9. The second-order valence-corrected chi connectivity index (χ2v) is 14.5. The van der Waals surface area contributed by atoms with Crippen molar-refractivity contribution in [2.45, 2.75) is 63.2 Å². The molecule has 49 heavy (non-hydrogen) atoms. The monoisotopic (exact) mass is 696 g/mol. The molecule has 0 unspecified atom stereocenters. The van der Waals surface area contributed by atoms with Crippen molar-refractivity contribution in [1.29, 1.82) is 0 Å². The molecule has 13 heteroatoms. The second kappa shape index (κ2) is 17.5. The van der Waals surface area contributed by atoms with Crippen molar-refractivity contribution in [2.75, 3.05) is 51.1 Å². The van der Waals surface area contributed by atoms with E-state index in [1.807, 2.05) is 32.0 Å². The van der Waals surface area contributed by atoms with Gasteiger partial charge in [-0.25, -0.2) is 13.2 Å². The van der Waals surface area contributed by atoms with Crippen molar-refractivity contribution in [1.82, 2.24) is 9.21 Å². The summed E-state index contributed by atoms with van der Waals surface area (Å²) in [6.45, 7) is 5.87. The Balaban J connectivity index is 1.62. The van der Waals surface area contributed by atoms with Crippen LogP contribution in [0.25, 0.3) is 0 Å². The molecular formula is C36H48N4O8S. The Labute approximate surface area is 289 Å². The highest BCUT2D eigenvalue weighted by Crippen LogP contribution is 2.29. The Hall–Kier alpha value is -4.17. The van der Waals surface area contributed by atoms with Crippen LogP contribution in [0.5, 0.6) is 11.5 Å². The number of carbonyl (C=O) groups excluding carboxylic acids is 2. The van der Waals surface area contributed by atoms with Gasteiger partial charge in [0.15, 0.2) is 0 Å². The lowest BCUT2D eigenvalue weighted by atomic mass is 10.0. The Morgan fingerprint density at radius 3 is 2.41 bits per heavy atom. The van der Waals surface area contributed by atoms with Crippen molar-refractivity contribution in [3.63, 3.8) is 0 Å². The number of amides is 3. The summed E-state index contributed by atoms with van der Waals surface area (Å²) < 4.78 is 46.1. The van der Waals surface area contributed by atoms with Crippen LogP contribution in [0, 0.1) is 5.92 Å². The first-order valence-electron chi connectivity index (χ1n) is 16.5. The lowest BCUT2D eigenvalue weighted by Gasteiger charge is -2.35. The van der Waals surface area contributed by atoms with Gasteiger partial charge in [-0.1, -0.05) is 25.1 Å². The zero-order chi connectivity index (χ0) is 35.6. The SMILES string of the molecule is COc1ccc(S(=O)(=O)N(C)C[C@H]2OCCCC[C@H](C)Oc3ccc(NC(=O)Nc4ccccc4)cc3C(=O)N([C@H](C)CO)C[C@H]2C)cc1. The van der Waals surface area contributed by atoms with Crippen LogP contribution < -0.4 is 20.1 Å². The highest BCUT2D eigenvalue weighted by molar-refractivity contribution is 7.89. The number of sulfonamides is 1. The summed E-state index contributed by atoms with van der Waals surface area (Å²) in [5, 5.41) is 15.8. The van der Waals surface area contributed by atoms with Crippen molar-refractivity contribution in [3.05, 3.63) is 78.4 Å². The number of nitrogens with one attached hydrogen (secondary N) is 2. The van der Waals surface area contributed by atoms with Crippen LogP contribution in [0.3, 0.4) is 0 Å². The molecule has 1 heterocycles. The van der Waals surface area contributed by atoms with E-state index in [0.29, 0.717) is 35.9 Å². The number of methoxy groups -OCH3 is 1.